The smallest absolute Gasteiger partial charge is 0.143 e. The van der Waals surface area contributed by atoms with Crippen molar-refractivity contribution < 1.29 is 9.84 Å². The summed E-state index contributed by atoms with van der Waals surface area (Å²) in [6.45, 7) is 0.324. The largest absolute Gasteiger partial charge is 0.487 e. The van der Waals surface area contributed by atoms with Crippen molar-refractivity contribution >= 4 is 27.5 Å². The maximum Gasteiger partial charge on any atom is 0.143 e. The molecular weight excluding hydrogens is 316 g/mol. The van der Waals surface area contributed by atoms with Crippen molar-refractivity contribution in [2.75, 3.05) is 0 Å². The predicted octanol–water partition coefficient (Wildman–Crippen LogP) is 4.17. The molecule has 2 aromatic carbocycles. The zero-order valence-corrected chi connectivity index (χ0v) is 11.9. The van der Waals surface area contributed by atoms with E-state index in [0.29, 0.717) is 22.9 Å². The van der Waals surface area contributed by atoms with Crippen molar-refractivity contribution in [1.82, 2.24) is 0 Å². The van der Waals surface area contributed by atoms with E-state index >= 15 is 0 Å². The molecule has 0 aliphatic carbocycles. The zero-order valence-electron chi connectivity index (χ0n) is 9.57. The van der Waals surface area contributed by atoms with Gasteiger partial charge in [-0.25, -0.2) is 0 Å². The first-order valence-electron chi connectivity index (χ1n) is 5.46. The lowest BCUT2D eigenvalue weighted by Gasteiger charge is -2.12. The van der Waals surface area contributed by atoms with Gasteiger partial charge in [-0.05, 0) is 23.8 Å². The highest BCUT2D eigenvalue weighted by Crippen LogP contribution is 2.29. The van der Waals surface area contributed by atoms with Crippen LogP contribution in [0.3, 0.4) is 0 Å². The molecule has 0 aliphatic heterocycles. The minimum atomic E-state index is -0.0889. The molecule has 2 aromatic rings. The molecule has 0 heterocycles. The number of hydrogen-bond donors (Lipinski definition) is 1. The normalized spacial score (nSPS) is 10.4. The fraction of sp³-hybridized carbons (Fsp3) is 0.143. The average molecular weight is 328 g/mol. The summed E-state index contributed by atoms with van der Waals surface area (Å²) in [5, 5.41) is 9.75. The second kappa shape index (κ2) is 6.23. The van der Waals surface area contributed by atoms with Crippen LogP contribution < -0.4 is 4.74 Å². The minimum absolute atomic E-state index is 0.0889. The van der Waals surface area contributed by atoms with Crippen molar-refractivity contribution in [3.8, 4) is 5.75 Å². The third kappa shape index (κ3) is 3.25. The summed E-state index contributed by atoms with van der Waals surface area (Å²) in [5.41, 5.74) is 1.73. The standard InChI is InChI=1S/C14H12BrClO2/c15-12-5-1-3-10(7-12)9-18-14-11(8-17)4-2-6-13(14)16/h1-7,17H,8-9H2. The SMILES string of the molecule is OCc1cccc(Cl)c1OCc1cccc(Br)c1. The van der Waals surface area contributed by atoms with E-state index in [1.54, 1.807) is 18.2 Å². The number of benzene rings is 2. The van der Waals surface area contributed by atoms with Crippen LogP contribution in [0, 0.1) is 0 Å². The molecule has 0 fully saturated rings. The number of halogens is 2. The Morgan fingerprint density at radius 2 is 1.94 bits per heavy atom. The molecule has 1 N–H and O–H groups in total. The van der Waals surface area contributed by atoms with Gasteiger partial charge in [0.2, 0.25) is 0 Å². The fourth-order valence-corrected chi connectivity index (χ4v) is 2.32. The molecule has 0 amide bonds. The Bertz CT molecular complexity index is 543. The van der Waals surface area contributed by atoms with Gasteiger partial charge in [0.05, 0.1) is 11.6 Å². The van der Waals surface area contributed by atoms with Gasteiger partial charge in [0.25, 0.3) is 0 Å². The van der Waals surface area contributed by atoms with Crippen molar-refractivity contribution in [2.24, 2.45) is 0 Å². The van der Waals surface area contributed by atoms with Crippen molar-refractivity contribution in [1.29, 1.82) is 0 Å². The quantitative estimate of drug-likeness (QED) is 0.913. The second-order valence-corrected chi connectivity index (χ2v) is 5.13. The first-order chi connectivity index (χ1) is 8.70. The Balaban J connectivity index is 2.15. The highest BCUT2D eigenvalue weighted by atomic mass is 79.9. The monoisotopic (exact) mass is 326 g/mol. The van der Waals surface area contributed by atoms with Gasteiger partial charge in [-0.2, -0.15) is 0 Å². The summed E-state index contributed by atoms with van der Waals surface area (Å²) in [4.78, 5) is 0. The van der Waals surface area contributed by atoms with Crippen molar-refractivity contribution in [2.45, 2.75) is 13.2 Å². The molecule has 0 radical (unpaired) electrons. The molecule has 0 saturated carbocycles. The van der Waals surface area contributed by atoms with Gasteiger partial charge in [-0.15, -0.1) is 0 Å². The Morgan fingerprint density at radius 1 is 1.17 bits per heavy atom. The van der Waals surface area contributed by atoms with Gasteiger partial charge in [-0.1, -0.05) is 51.8 Å². The molecule has 0 aliphatic rings. The van der Waals surface area contributed by atoms with E-state index in [9.17, 15) is 5.11 Å². The van der Waals surface area contributed by atoms with Crippen LogP contribution in [0.5, 0.6) is 5.75 Å². The van der Waals surface area contributed by atoms with E-state index in [1.807, 2.05) is 24.3 Å². The van der Waals surface area contributed by atoms with Gasteiger partial charge in [0, 0.05) is 10.0 Å². The third-order valence-corrected chi connectivity index (χ3v) is 3.28. The van der Waals surface area contributed by atoms with Gasteiger partial charge < -0.3 is 9.84 Å². The topological polar surface area (TPSA) is 29.5 Å². The van der Waals surface area contributed by atoms with Gasteiger partial charge in [0.1, 0.15) is 12.4 Å². The van der Waals surface area contributed by atoms with E-state index in [0.717, 1.165) is 10.0 Å². The first kappa shape index (κ1) is 13.4. The molecule has 94 valence electrons. The van der Waals surface area contributed by atoms with Gasteiger partial charge in [-0.3, -0.25) is 0 Å². The summed E-state index contributed by atoms with van der Waals surface area (Å²) in [7, 11) is 0. The average Bonchev–Trinajstić information content (AvgIpc) is 2.37. The van der Waals surface area contributed by atoms with Crippen LogP contribution in [0.4, 0.5) is 0 Å². The molecule has 2 nitrogen and oxygen atoms in total. The third-order valence-electron chi connectivity index (χ3n) is 2.49. The van der Waals surface area contributed by atoms with E-state index < -0.39 is 0 Å². The van der Waals surface area contributed by atoms with Gasteiger partial charge >= 0.3 is 0 Å². The number of hydrogen-bond acceptors (Lipinski definition) is 2. The van der Waals surface area contributed by atoms with Crippen molar-refractivity contribution in [3.05, 3.63) is 63.1 Å². The molecular formula is C14H12BrClO2. The van der Waals surface area contributed by atoms with Crippen LogP contribution in [0.15, 0.2) is 46.9 Å². The van der Waals surface area contributed by atoms with E-state index in [-0.39, 0.29) is 6.61 Å². The molecule has 0 spiro atoms. The van der Waals surface area contributed by atoms with Crippen LogP contribution in [0.25, 0.3) is 0 Å². The lowest BCUT2D eigenvalue weighted by atomic mass is 10.2. The van der Waals surface area contributed by atoms with Crippen LogP contribution >= 0.6 is 27.5 Å². The van der Waals surface area contributed by atoms with E-state index in [4.69, 9.17) is 16.3 Å². The van der Waals surface area contributed by atoms with Crippen LogP contribution in [-0.4, -0.2) is 5.11 Å². The Hall–Kier alpha value is -1.03. The summed E-state index contributed by atoms with van der Waals surface area (Å²) < 4.78 is 6.69. The predicted molar refractivity (Wildman–Crippen MR) is 75.8 cm³/mol. The minimum Gasteiger partial charge on any atom is -0.487 e. The lowest BCUT2D eigenvalue weighted by molar-refractivity contribution is 0.259. The molecule has 0 atom stereocenters. The molecule has 0 saturated heterocycles. The van der Waals surface area contributed by atoms with Crippen LogP contribution in [0.2, 0.25) is 5.02 Å². The number of ether oxygens (including phenoxy) is 1. The molecule has 2 rings (SSSR count). The maximum atomic E-state index is 9.24. The number of aliphatic hydroxyl groups is 1. The van der Waals surface area contributed by atoms with E-state index in [2.05, 4.69) is 15.9 Å². The summed E-state index contributed by atoms with van der Waals surface area (Å²) in [5.74, 6) is 0.543. The maximum absolute atomic E-state index is 9.24. The van der Waals surface area contributed by atoms with E-state index in [1.165, 1.54) is 0 Å². The molecule has 18 heavy (non-hydrogen) atoms. The Labute approximate surface area is 119 Å². The van der Waals surface area contributed by atoms with Crippen molar-refractivity contribution in [3.63, 3.8) is 0 Å². The molecule has 0 unspecified atom stereocenters. The number of para-hydroxylation sites is 1. The first-order valence-corrected chi connectivity index (χ1v) is 6.63. The summed E-state index contributed by atoms with van der Waals surface area (Å²) in [6.07, 6.45) is 0. The summed E-state index contributed by atoms with van der Waals surface area (Å²) in [6, 6.07) is 13.2. The Morgan fingerprint density at radius 3 is 2.67 bits per heavy atom. The lowest BCUT2D eigenvalue weighted by Crippen LogP contribution is -1.99. The molecule has 4 heteroatoms. The Kier molecular flexibility index (Phi) is 4.64. The summed E-state index contributed by atoms with van der Waals surface area (Å²) >= 11 is 9.47. The molecule has 0 bridgehead atoms. The van der Waals surface area contributed by atoms with Crippen LogP contribution in [0.1, 0.15) is 11.1 Å². The highest BCUT2D eigenvalue weighted by Gasteiger charge is 2.07. The molecule has 0 aromatic heterocycles. The zero-order chi connectivity index (χ0) is 13.0. The highest BCUT2D eigenvalue weighted by molar-refractivity contribution is 9.10. The van der Waals surface area contributed by atoms with Crippen LogP contribution in [-0.2, 0) is 13.2 Å². The fourth-order valence-electron chi connectivity index (χ4n) is 1.62. The van der Waals surface area contributed by atoms with Gasteiger partial charge in [0.15, 0.2) is 0 Å². The number of rotatable bonds is 4. The second-order valence-electron chi connectivity index (χ2n) is 3.80. The number of aliphatic hydroxyl groups excluding tert-OH is 1.